The predicted octanol–water partition coefficient (Wildman–Crippen LogP) is 2.77. The molecule has 0 atom stereocenters. The molecule has 0 aliphatic carbocycles. The van der Waals surface area contributed by atoms with Gasteiger partial charge in [0.2, 0.25) is 0 Å². The molecule has 0 spiro atoms. The fraction of sp³-hybridized carbons (Fsp3) is 0.0769. The van der Waals surface area contributed by atoms with E-state index >= 15 is 0 Å². The average Bonchev–Trinajstić information content (AvgIpc) is 2.26. The number of allylic oxidation sites excluding steroid dienone is 2. The zero-order valence-electron chi connectivity index (χ0n) is 8.19. The summed E-state index contributed by atoms with van der Waals surface area (Å²) in [5.74, 6) is 0. The van der Waals surface area contributed by atoms with Crippen molar-refractivity contribution in [2.45, 2.75) is 0 Å². The Kier molecular flexibility index (Phi) is 4.45. The summed E-state index contributed by atoms with van der Waals surface area (Å²) in [5, 5.41) is 0. The van der Waals surface area contributed by atoms with Crippen molar-refractivity contribution in [3.05, 3.63) is 66.3 Å². The van der Waals surface area contributed by atoms with Gasteiger partial charge >= 0.3 is 0 Å². The summed E-state index contributed by atoms with van der Waals surface area (Å²) in [6.45, 7) is 4.21. The quantitative estimate of drug-likeness (QED) is 0.717. The van der Waals surface area contributed by atoms with Crippen LogP contribution in [-0.2, 0) is 0 Å². The number of rotatable bonds is 4. The van der Waals surface area contributed by atoms with Crippen molar-refractivity contribution in [2.24, 2.45) is 5.73 Å². The summed E-state index contributed by atoms with van der Waals surface area (Å²) in [4.78, 5) is 0. The third-order valence-corrected chi connectivity index (χ3v) is 1.90. The first-order valence-electron chi connectivity index (χ1n) is 4.61. The minimum absolute atomic E-state index is 0.530. The van der Waals surface area contributed by atoms with Crippen LogP contribution in [0.2, 0.25) is 0 Å². The smallest absolute Gasteiger partial charge is 0.0177 e. The molecule has 1 rings (SSSR count). The van der Waals surface area contributed by atoms with Crippen LogP contribution in [0.1, 0.15) is 5.56 Å². The molecule has 0 saturated heterocycles. The Bertz CT molecular complexity index is 334. The first kappa shape index (κ1) is 10.5. The van der Waals surface area contributed by atoms with Crippen molar-refractivity contribution < 1.29 is 0 Å². The topological polar surface area (TPSA) is 26.0 Å². The van der Waals surface area contributed by atoms with Crippen molar-refractivity contribution in [3.63, 3.8) is 0 Å². The number of nitrogens with two attached hydrogens (primary N) is 1. The third-order valence-electron chi connectivity index (χ3n) is 1.90. The van der Waals surface area contributed by atoms with E-state index in [9.17, 15) is 0 Å². The molecule has 1 heteroatoms. The second kappa shape index (κ2) is 5.95. The van der Waals surface area contributed by atoms with E-state index in [2.05, 4.69) is 18.7 Å². The van der Waals surface area contributed by atoms with Crippen LogP contribution in [0, 0.1) is 0 Å². The number of benzene rings is 1. The minimum Gasteiger partial charge on any atom is -0.326 e. The molecule has 0 aliphatic heterocycles. The fourth-order valence-electron chi connectivity index (χ4n) is 1.07. The molecule has 0 aromatic heterocycles. The Morgan fingerprint density at radius 3 is 2.57 bits per heavy atom. The summed E-state index contributed by atoms with van der Waals surface area (Å²) in [7, 11) is 0. The van der Waals surface area contributed by atoms with E-state index in [-0.39, 0.29) is 0 Å². The molecule has 1 aromatic rings. The van der Waals surface area contributed by atoms with Crippen LogP contribution in [0.25, 0.3) is 6.08 Å². The summed E-state index contributed by atoms with van der Waals surface area (Å²) in [5.41, 5.74) is 7.71. The van der Waals surface area contributed by atoms with Gasteiger partial charge < -0.3 is 5.73 Å². The van der Waals surface area contributed by atoms with Crippen LogP contribution in [0.3, 0.4) is 0 Å². The van der Waals surface area contributed by atoms with Crippen molar-refractivity contribution >= 4 is 6.08 Å². The van der Waals surface area contributed by atoms with Gasteiger partial charge in [-0.15, -0.1) is 0 Å². The largest absolute Gasteiger partial charge is 0.326 e. The zero-order valence-corrected chi connectivity index (χ0v) is 8.19. The standard InChI is InChI=1S/C13H15N/c1-2-12(11-14)9-6-10-13-7-4-3-5-8-13/h2-10H,1,11,14H2/b10-6+,12-9+. The van der Waals surface area contributed by atoms with Gasteiger partial charge in [0.15, 0.2) is 0 Å². The van der Waals surface area contributed by atoms with Crippen LogP contribution in [-0.4, -0.2) is 6.54 Å². The molecule has 1 aromatic carbocycles. The maximum absolute atomic E-state index is 5.49. The molecular formula is C13H15N. The molecule has 0 fully saturated rings. The van der Waals surface area contributed by atoms with E-state index in [1.807, 2.05) is 36.4 Å². The SMILES string of the molecule is C=C/C(=C\C=C\c1ccccc1)CN. The van der Waals surface area contributed by atoms with Crippen molar-refractivity contribution in [1.82, 2.24) is 0 Å². The number of hydrogen-bond acceptors (Lipinski definition) is 1. The first-order chi connectivity index (χ1) is 6.86. The summed E-state index contributed by atoms with van der Waals surface area (Å²) < 4.78 is 0. The van der Waals surface area contributed by atoms with Crippen LogP contribution < -0.4 is 5.73 Å². The summed E-state index contributed by atoms with van der Waals surface area (Å²) in [6.07, 6.45) is 7.77. The van der Waals surface area contributed by atoms with Crippen LogP contribution >= 0.6 is 0 Å². The maximum atomic E-state index is 5.49. The monoisotopic (exact) mass is 185 g/mol. The van der Waals surface area contributed by atoms with E-state index in [0.717, 1.165) is 5.57 Å². The van der Waals surface area contributed by atoms with Gasteiger partial charge in [0.25, 0.3) is 0 Å². The second-order valence-electron chi connectivity index (χ2n) is 2.92. The van der Waals surface area contributed by atoms with Crippen LogP contribution in [0.4, 0.5) is 0 Å². The van der Waals surface area contributed by atoms with Gasteiger partial charge in [0, 0.05) is 6.54 Å². The highest BCUT2D eigenvalue weighted by atomic mass is 14.5. The Labute approximate surface area is 85.3 Å². The first-order valence-corrected chi connectivity index (χ1v) is 4.61. The van der Waals surface area contributed by atoms with Crippen molar-refractivity contribution in [1.29, 1.82) is 0 Å². The second-order valence-corrected chi connectivity index (χ2v) is 2.92. The lowest BCUT2D eigenvalue weighted by Gasteiger charge is -1.92. The van der Waals surface area contributed by atoms with Gasteiger partial charge in [-0.2, -0.15) is 0 Å². The molecule has 0 amide bonds. The minimum atomic E-state index is 0.530. The lowest BCUT2D eigenvalue weighted by molar-refractivity contribution is 1.19. The van der Waals surface area contributed by atoms with Crippen molar-refractivity contribution in [3.8, 4) is 0 Å². The molecule has 1 nitrogen and oxygen atoms in total. The molecule has 0 saturated carbocycles. The normalized spacial score (nSPS) is 11.9. The molecule has 0 unspecified atom stereocenters. The van der Waals surface area contributed by atoms with Gasteiger partial charge in [-0.3, -0.25) is 0 Å². The maximum Gasteiger partial charge on any atom is 0.0177 e. The van der Waals surface area contributed by atoms with Crippen LogP contribution in [0.15, 0.2) is 60.7 Å². The zero-order chi connectivity index (χ0) is 10.2. The molecule has 0 aliphatic rings. The third kappa shape index (κ3) is 3.42. The van der Waals surface area contributed by atoms with Gasteiger partial charge in [-0.1, -0.05) is 61.2 Å². The average molecular weight is 185 g/mol. The lowest BCUT2D eigenvalue weighted by atomic mass is 10.2. The molecule has 0 bridgehead atoms. The van der Waals surface area contributed by atoms with Crippen molar-refractivity contribution in [2.75, 3.05) is 6.54 Å². The molecular weight excluding hydrogens is 170 g/mol. The molecule has 72 valence electrons. The predicted molar refractivity (Wildman–Crippen MR) is 62.8 cm³/mol. The molecule has 2 N–H and O–H groups in total. The molecule has 14 heavy (non-hydrogen) atoms. The Morgan fingerprint density at radius 1 is 1.29 bits per heavy atom. The van der Waals surface area contributed by atoms with Crippen LogP contribution in [0.5, 0.6) is 0 Å². The summed E-state index contributed by atoms with van der Waals surface area (Å²) in [6, 6.07) is 10.1. The van der Waals surface area contributed by atoms with E-state index < -0.39 is 0 Å². The van der Waals surface area contributed by atoms with Gasteiger partial charge in [0.1, 0.15) is 0 Å². The highest BCUT2D eigenvalue weighted by molar-refractivity contribution is 5.51. The lowest BCUT2D eigenvalue weighted by Crippen LogP contribution is -1.99. The Hall–Kier alpha value is -1.60. The van der Waals surface area contributed by atoms with E-state index in [0.29, 0.717) is 6.54 Å². The van der Waals surface area contributed by atoms with Gasteiger partial charge in [-0.05, 0) is 11.1 Å². The highest BCUT2D eigenvalue weighted by Gasteiger charge is 1.83. The van der Waals surface area contributed by atoms with E-state index in [1.54, 1.807) is 6.08 Å². The highest BCUT2D eigenvalue weighted by Crippen LogP contribution is 2.02. The van der Waals surface area contributed by atoms with E-state index in [4.69, 9.17) is 5.73 Å². The molecule has 0 heterocycles. The molecule has 0 radical (unpaired) electrons. The number of hydrogen-bond donors (Lipinski definition) is 1. The van der Waals surface area contributed by atoms with Gasteiger partial charge in [-0.25, -0.2) is 0 Å². The Balaban J connectivity index is 2.65. The fourth-order valence-corrected chi connectivity index (χ4v) is 1.07. The van der Waals surface area contributed by atoms with Gasteiger partial charge in [0.05, 0.1) is 0 Å². The Morgan fingerprint density at radius 2 is 2.00 bits per heavy atom. The van der Waals surface area contributed by atoms with E-state index in [1.165, 1.54) is 5.56 Å². The summed E-state index contributed by atoms with van der Waals surface area (Å²) >= 11 is 0.